The topological polar surface area (TPSA) is 46.5 Å². The molecule has 1 atom stereocenters. The minimum absolute atomic E-state index is 0.351. The number of ether oxygens (including phenoxy) is 1. The van der Waals surface area contributed by atoms with E-state index in [4.69, 9.17) is 9.84 Å². The largest absolute Gasteiger partial charge is 0.478 e. The van der Waals surface area contributed by atoms with Gasteiger partial charge in [0.05, 0.1) is 5.56 Å². The molecular formula is C11H10BrF3O3. The zero-order valence-electron chi connectivity index (χ0n) is 9.29. The van der Waals surface area contributed by atoms with Crippen LogP contribution in [0.3, 0.4) is 0 Å². The van der Waals surface area contributed by atoms with Crippen LogP contribution >= 0.6 is 15.9 Å². The van der Waals surface area contributed by atoms with Crippen molar-refractivity contribution in [2.45, 2.75) is 19.0 Å². The smallest absolute Gasteiger partial charge is 0.347 e. The maximum absolute atomic E-state index is 13.3. The summed E-state index contributed by atoms with van der Waals surface area (Å²) in [6.45, 7) is -0.660. The highest BCUT2D eigenvalue weighted by Crippen LogP contribution is 2.36. The van der Waals surface area contributed by atoms with Crippen molar-refractivity contribution in [2.24, 2.45) is 0 Å². The van der Waals surface area contributed by atoms with E-state index >= 15 is 0 Å². The molecule has 0 saturated heterocycles. The molecule has 0 aliphatic heterocycles. The van der Waals surface area contributed by atoms with Crippen molar-refractivity contribution < 1.29 is 27.8 Å². The van der Waals surface area contributed by atoms with Crippen molar-refractivity contribution in [3.05, 3.63) is 28.2 Å². The lowest BCUT2D eigenvalue weighted by Crippen LogP contribution is -2.30. The lowest BCUT2D eigenvalue weighted by molar-refractivity contribution is -0.145. The Balaban J connectivity index is 3.12. The van der Waals surface area contributed by atoms with Crippen molar-refractivity contribution in [2.75, 3.05) is 6.67 Å². The van der Waals surface area contributed by atoms with Gasteiger partial charge in [0.25, 0.3) is 5.92 Å². The van der Waals surface area contributed by atoms with Crippen LogP contribution in [0.4, 0.5) is 13.2 Å². The first kappa shape index (κ1) is 14.8. The van der Waals surface area contributed by atoms with Gasteiger partial charge in [-0.05, 0) is 18.2 Å². The van der Waals surface area contributed by atoms with Crippen molar-refractivity contribution in [1.82, 2.24) is 0 Å². The lowest BCUT2D eigenvalue weighted by atomic mass is 10.1. The average Bonchev–Trinajstić information content (AvgIpc) is 2.25. The molecule has 0 spiro atoms. The van der Waals surface area contributed by atoms with E-state index < -0.39 is 30.2 Å². The fourth-order valence-corrected chi connectivity index (χ4v) is 1.61. The fourth-order valence-electron chi connectivity index (χ4n) is 1.25. The van der Waals surface area contributed by atoms with Gasteiger partial charge in [0.2, 0.25) is 6.10 Å². The van der Waals surface area contributed by atoms with Crippen LogP contribution in [0.25, 0.3) is 0 Å². The van der Waals surface area contributed by atoms with E-state index in [-0.39, 0.29) is 5.75 Å². The maximum atomic E-state index is 13.3. The SMILES string of the molecule is CC(F)(F)c1cc(Br)ccc1O[C@@H](CF)C(=O)O. The number of hydrogen-bond donors (Lipinski definition) is 1. The molecule has 100 valence electrons. The molecule has 1 aromatic rings. The third-order valence-electron chi connectivity index (χ3n) is 2.10. The molecule has 1 N–H and O–H groups in total. The van der Waals surface area contributed by atoms with Gasteiger partial charge >= 0.3 is 5.97 Å². The summed E-state index contributed by atoms with van der Waals surface area (Å²) in [6, 6.07) is 3.68. The van der Waals surface area contributed by atoms with Crippen LogP contribution in [0, 0.1) is 0 Å². The summed E-state index contributed by atoms with van der Waals surface area (Å²) in [6.07, 6.45) is -1.80. The fraction of sp³-hybridized carbons (Fsp3) is 0.364. The predicted octanol–water partition coefficient (Wildman–Crippen LogP) is 3.36. The highest BCUT2D eigenvalue weighted by molar-refractivity contribution is 9.10. The van der Waals surface area contributed by atoms with Gasteiger partial charge in [-0.3, -0.25) is 0 Å². The molecule has 0 aromatic heterocycles. The summed E-state index contributed by atoms with van der Waals surface area (Å²) in [4.78, 5) is 10.6. The second kappa shape index (κ2) is 5.60. The number of carboxylic acids is 1. The number of rotatable bonds is 5. The zero-order chi connectivity index (χ0) is 13.9. The van der Waals surface area contributed by atoms with Crippen molar-refractivity contribution >= 4 is 21.9 Å². The molecule has 0 saturated carbocycles. The first-order valence-electron chi connectivity index (χ1n) is 4.89. The van der Waals surface area contributed by atoms with E-state index in [1.807, 2.05) is 0 Å². The third-order valence-corrected chi connectivity index (χ3v) is 2.59. The Morgan fingerprint density at radius 1 is 1.56 bits per heavy atom. The van der Waals surface area contributed by atoms with Gasteiger partial charge in [-0.1, -0.05) is 15.9 Å². The van der Waals surface area contributed by atoms with E-state index in [0.717, 1.165) is 6.07 Å². The van der Waals surface area contributed by atoms with Crippen molar-refractivity contribution in [1.29, 1.82) is 0 Å². The van der Waals surface area contributed by atoms with E-state index in [1.165, 1.54) is 12.1 Å². The summed E-state index contributed by atoms with van der Waals surface area (Å²) in [5, 5.41) is 8.62. The van der Waals surface area contributed by atoms with E-state index in [1.54, 1.807) is 0 Å². The van der Waals surface area contributed by atoms with Gasteiger partial charge in [-0.2, -0.15) is 0 Å². The van der Waals surface area contributed by atoms with Gasteiger partial charge in [0.1, 0.15) is 12.4 Å². The van der Waals surface area contributed by atoms with Crippen LogP contribution in [0.1, 0.15) is 12.5 Å². The minimum atomic E-state index is -3.22. The Hall–Kier alpha value is -1.24. The molecule has 18 heavy (non-hydrogen) atoms. The molecule has 0 radical (unpaired) electrons. The second-order valence-corrected chi connectivity index (χ2v) is 4.54. The van der Waals surface area contributed by atoms with Crippen molar-refractivity contribution in [3.63, 3.8) is 0 Å². The lowest BCUT2D eigenvalue weighted by Gasteiger charge is -2.19. The Bertz CT molecular complexity index is 446. The van der Waals surface area contributed by atoms with Gasteiger partial charge in [0.15, 0.2) is 0 Å². The maximum Gasteiger partial charge on any atom is 0.347 e. The van der Waals surface area contributed by atoms with E-state index in [0.29, 0.717) is 11.4 Å². The van der Waals surface area contributed by atoms with E-state index in [2.05, 4.69) is 15.9 Å². The molecule has 0 bridgehead atoms. The molecule has 0 aliphatic rings. The Kier molecular flexibility index (Phi) is 4.61. The Labute approximate surface area is 110 Å². The summed E-state index contributed by atoms with van der Waals surface area (Å²) < 4.78 is 44.2. The highest BCUT2D eigenvalue weighted by atomic mass is 79.9. The molecule has 0 fully saturated rings. The average molecular weight is 327 g/mol. The van der Waals surface area contributed by atoms with Crippen LogP contribution < -0.4 is 4.74 Å². The molecule has 0 heterocycles. The molecule has 0 unspecified atom stereocenters. The number of carboxylic acid groups (broad SMARTS) is 1. The number of carbonyl (C=O) groups is 1. The molecule has 0 amide bonds. The minimum Gasteiger partial charge on any atom is -0.478 e. The van der Waals surface area contributed by atoms with Crippen LogP contribution in [-0.4, -0.2) is 23.9 Å². The second-order valence-electron chi connectivity index (χ2n) is 3.63. The summed E-state index contributed by atoms with van der Waals surface area (Å²) >= 11 is 3.02. The normalized spacial score (nSPS) is 13.2. The Morgan fingerprint density at radius 3 is 2.61 bits per heavy atom. The first-order valence-corrected chi connectivity index (χ1v) is 5.68. The Morgan fingerprint density at radius 2 is 2.17 bits per heavy atom. The quantitative estimate of drug-likeness (QED) is 0.902. The number of alkyl halides is 3. The van der Waals surface area contributed by atoms with E-state index in [9.17, 15) is 18.0 Å². The zero-order valence-corrected chi connectivity index (χ0v) is 10.9. The number of benzene rings is 1. The van der Waals surface area contributed by atoms with Crippen LogP contribution in [0.5, 0.6) is 5.75 Å². The number of aliphatic carboxylic acids is 1. The molecule has 1 rings (SSSR count). The van der Waals surface area contributed by atoms with Gasteiger partial charge in [0, 0.05) is 11.4 Å². The van der Waals surface area contributed by atoms with Gasteiger partial charge < -0.3 is 9.84 Å². The summed E-state index contributed by atoms with van der Waals surface area (Å²) in [5.74, 6) is -5.13. The summed E-state index contributed by atoms with van der Waals surface area (Å²) in [7, 11) is 0. The monoisotopic (exact) mass is 326 g/mol. The number of halogens is 4. The standard InChI is InChI=1S/C11H10BrF3O3/c1-11(14,15)7-4-6(12)2-3-8(7)18-9(5-13)10(16)17/h2-4,9H,5H2,1H3,(H,16,17)/t9-/m0/s1. The highest BCUT2D eigenvalue weighted by Gasteiger charge is 2.31. The molecular weight excluding hydrogens is 317 g/mol. The van der Waals surface area contributed by atoms with Gasteiger partial charge in [-0.15, -0.1) is 0 Å². The third kappa shape index (κ3) is 3.63. The molecule has 1 aromatic carbocycles. The predicted molar refractivity (Wildman–Crippen MR) is 61.7 cm³/mol. The van der Waals surface area contributed by atoms with Crippen LogP contribution in [0.2, 0.25) is 0 Å². The number of hydrogen-bond acceptors (Lipinski definition) is 2. The van der Waals surface area contributed by atoms with Crippen LogP contribution in [0.15, 0.2) is 22.7 Å². The molecule has 3 nitrogen and oxygen atoms in total. The van der Waals surface area contributed by atoms with Gasteiger partial charge in [-0.25, -0.2) is 18.0 Å². The molecule has 7 heteroatoms. The van der Waals surface area contributed by atoms with Crippen LogP contribution in [-0.2, 0) is 10.7 Å². The van der Waals surface area contributed by atoms with Crippen molar-refractivity contribution in [3.8, 4) is 5.75 Å². The molecule has 0 aliphatic carbocycles. The first-order chi connectivity index (χ1) is 8.25. The summed E-state index contributed by atoms with van der Waals surface area (Å²) in [5.41, 5.74) is -0.503.